The van der Waals surface area contributed by atoms with E-state index in [9.17, 15) is 9.59 Å². The molecular formula is C26H21ClINO4S. The van der Waals surface area contributed by atoms with Gasteiger partial charge in [0.1, 0.15) is 6.61 Å². The van der Waals surface area contributed by atoms with E-state index in [1.165, 1.54) is 4.90 Å². The summed E-state index contributed by atoms with van der Waals surface area (Å²) < 4.78 is 12.8. The van der Waals surface area contributed by atoms with Crippen LogP contribution in [0.3, 0.4) is 0 Å². The number of imide groups is 1. The van der Waals surface area contributed by atoms with Crippen LogP contribution in [0.2, 0.25) is 5.02 Å². The lowest BCUT2D eigenvalue weighted by Gasteiger charge is -2.15. The van der Waals surface area contributed by atoms with Gasteiger partial charge in [0.2, 0.25) is 0 Å². The molecule has 1 heterocycles. The zero-order chi connectivity index (χ0) is 24.1. The molecule has 0 atom stereocenters. The van der Waals surface area contributed by atoms with Crippen LogP contribution in [0.15, 0.2) is 71.6 Å². The SMILES string of the molecule is CCOc1cc(/C=C2\SC(=O)N(Cc3ccc(I)cc3)C2=O)cc(Cl)c1OCc1ccccc1. The summed E-state index contributed by atoms with van der Waals surface area (Å²) in [5.74, 6) is 0.596. The van der Waals surface area contributed by atoms with Crippen LogP contribution < -0.4 is 9.47 Å². The second-order valence-corrected chi connectivity index (χ2v) is 10.1. The highest BCUT2D eigenvalue weighted by Gasteiger charge is 2.35. The van der Waals surface area contributed by atoms with Crippen molar-refractivity contribution < 1.29 is 19.1 Å². The maximum absolute atomic E-state index is 12.9. The van der Waals surface area contributed by atoms with E-state index in [-0.39, 0.29) is 17.7 Å². The molecule has 1 aliphatic rings. The highest BCUT2D eigenvalue weighted by atomic mass is 127. The van der Waals surface area contributed by atoms with Gasteiger partial charge in [0.15, 0.2) is 11.5 Å². The Labute approximate surface area is 221 Å². The molecule has 0 radical (unpaired) electrons. The van der Waals surface area contributed by atoms with E-state index in [2.05, 4.69) is 22.6 Å². The predicted molar refractivity (Wildman–Crippen MR) is 144 cm³/mol. The molecule has 0 aliphatic carbocycles. The molecule has 3 aromatic carbocycles. The average Bonchev–Trinajstić information content (AvgIpc) is 3.08. The van der Waals surface area contributed by atoms with E-state index in [4.69, 9.17) is 21.1 Å². The molecule has 8 heteroatoms. The molecule has 2 amide bonds. The Bertz CT molecular complexity index is 1230. The van der Waals surface area contributed by atoms with Crippen molar-refractivity contribution in [2.45, 2.75) is 20.1 Å². The maximum atomic E-state index is 12.9. The van der Waals surface area contributed by atoms with Gasteiger partial charge in [-0.05, 0) is 88.3 Å². The predicted octanol–water partition coefficient (Wildman–Crippen LogP) is 7.16. The lowest BCUT2D eigenvalue weighted by atomic mass is 10.1. The zero-order valence-corrected chi connectivity index (χ0v) is 22.0. The number of benzene rings is 3. The minimum atomic E-state index is -0.327. The number of thioether (sulfide) groups is 1. The highest BCUT2D eigenvalue weighted by Crippen LogP contribution is 2.39. The molecule has 34 heavy (non-hydrogen) atoms. The van der Waals surface area contributed by atoms with Gasteiger partial charge >= 0.3 is 0 Å². The number of amides is 2. The summed E-state index contributed by atoms with van der Waals surface area (Å²) in [5, 5.41) is 0.0694. The largest absolute Gasteiger partial charge is 0.490 e. The van der Waals surface area contributed by atoms with Crippen LogP contribution in [-0.4, -0.2) is 22.7 Å². The van der Waals surface area contributed by atoms with Crippen LogP contribution in [-0.2, 0) is 17.9 Å². The van der Waals surface area contributed by atoms with Gasteiger partial charge in [0.05, 0.1) is 23.1 Å². The van der Waals surface area contributed by atoms with Crippen LogP contribution >= 0.6 is 46.0 Å². The number of nitrogens with zero attached hydrogens (tertiary/aromatic N) is 1. The molecule has 1 saturated heterocycles. The van der Waals surface area contributed by atoms with Gasteiger partial charge in [-0.1, -0.05) is 54.1 Å². The van der Waals surface area contributed by atoms with Gasteiger partial charge in [-0.3, -0.25) is 14.5 Å². The van der Waals surface area contributed by atoms with Crippen LogP contribution in [0, 0.1) is 3.57 Å². The first-order chi connectivity index (χ1) is 16.4. The fourth-order valence-electron chi connectivity index (χ4n) is 3.36. The van der Waals surface area contributed by atoms with Crippen LogP contribution in [0.25, 0.3) is 6.08 Å². The standard InChI is InChI=1S/C26H21ClINO4S/c1-2-32-22-13-19(12-21(27)24(22)33-16-18-6-4-3-5-7-18)14-23-25(30)29(26(31)34-23)15-17-8-10-20(28)11-9-17/h3-14H,2,15-16H2,1H3/b23-14-. The molecule has 0 spiro atoms. The summed E-state index contributed by atoms with van der Waals surface area (Å²) in [4.78, 5) is 27.1. The lowest BCUT2D eigenvalue weighted by Crippen LogP contribution is -2.27. The molecule has 3 aromatic rings. The molecule has 1 fully saturated rings. The van der Waals surface area contributed by atoms with Gasteiger partial charge in [-0.2, -0.15) is 0 Å². The summed E-state index contributed by atoms with van der Waals surface area (Å²) in [6, 6.07) is 21.0. The molecule has 174 valence electrons. The first kappa shape index (κ1) is 24.6. The number of hydrogen-bond acceptors (Lipinski definition) is 5. The van der Waals surface area contributed by atoms with E-state index in [1.54, 1.807) is 18.2 Å². The summed E-state index contributed by atoms with van der Waals surface area (Å²) in [6.07, 6.45) is 1.66. The monoisotopic (exact) mass is 605 g/mol. The Hall–Kier alpha value is -2.49. The quantitative estimate of drug-likeness (QED) is 0.202. The average molecular weight is 606 g/mol. The van der Waals surface area contributed by atoms with E-state index in [1.807, 2.05) is 61.5 Å². The minimum absolute atomic E-state index is 0.232. The summed E-state index contributed by atoms with van der Waals surface area (Å²) in [5.41, 5.74) is 2.55. The molecule has 0 aromatic heterocycles. The Morgan fingerprint density at radius 1 is 1.00 bits per heavy atom. The number of carbonyl (C=O) groups is 2. The van der Waals surface area contributed by atoms with Crippen molar-refractivity contribution in [3.63, 3.8) is 0 Å². The number of hydrogen-bond donors (Lipinski definition) is 0. The Morgan fingerprint density at radius 2 is 1.74 bits per heavy atom. The van der Waals surface area contributed by atoms with Gasteiger partial charge in [0.25, 0.3) is 11.1 Å². The summed E-state index contributed by atoms with van der Waals surface area (Å²) in [6.45, 7) is 2.87. The second-order valence-electron chi connectivity index (χ2n) is 7.43. The van der Waals surface area contributed by atoms with Gasteiger partial charge in [-0.25, -0.2) is 0 Å². The molecular weight excluding hydrogens is 585 g/mol. The van der Waals surface area contributed by atoms with Crippen LogP contribution in [0.5, 0.6) is 11.5 Å². The van der Waals surface area contributed by atoms with Gasteiger partial charge in [0, 0.05) is 3.57 Å². The summed E-state index contributed by atoms with van der Waals surface area (Å²) in [7, 11) is 0. The van der Waals surface area contributed by atoms with Crippen molar-refractivity contribution in [2.24, 2.45) is 0 Å². The van der Waals surface area contributed by atoms with Crippen molar-refractivity contribution in [1.29, 1.82) is 0 Å². The summed E-state index contributed by atoms with van der Waals surface area (Å²) >= 11 is 9.67. The smallest absolute Gasteiger partial charge is 0.293 e. The highest BCUT2D eigenvalue weighted by molar-refractivity contribution is 14.1. The van der Waals surface area contributed by atoms with E-state index in [0.29, 0.717) is 40.2 Å². The Kier molecular flexibility index (Phi) is 8.18. The fourth-order valence-corrected chi connectivity index (χ4v) is 4.84. The van der Waals surface area contributed by atoms with Crippen LogP contribution in [0.4, 0.5) is 4.79 Å². The van der Waals surface area contributed by atoms with Crippen molar-refractivity contribution in [1.82, 2.24) is 4.90 Å². The van der Waals surface area contributed by atoms with Crippen LogP contribution in [0.1, 0.15) is 23.6 Å². The number of halogens is 2. The van der Waals surface area contributed by atoms with Gasteiger partial charge in [-0.15, -0.1) is 0 Å². The third-order valence-corrected chi connectivity index (χ3v) is 6.89. The number of ether oxygens (including phenoxy) is 2. The molecule has 1 aliphatic heterocycles. The Balaban J connectivity index is 1.55. The molecule has 0 saturated carbocycles. The minimum Gasteiger partial charge on any atom is -0.490 e. The van der Waals surface area contributed by atoms with Crippen molar-refractivity contribution in [2.75, 3.05) is 6.61 Å². The number of carbonyl (C=O) groups excluding carboxylic acids is 2. The maximum Gasteiger partial charge on any atom is 0.293 e. The van der Waals surface area contributed by atoms with Crippen molar-refractivity contribution in [3.8, 4) is 11.5 Å². The zero-order valence-electron chi connectivity index (χ0n) is 18.3. The van der Waals surface area contributed by atoms with Crippen molar-refractivity contribution in [3.05, 3.63) is 96.9 Å². The van der Waals surface area contributed by atoms with E-state index >= 15 is 0 Å². The van der Waals surface area contributed by atoms with Crippen molar-refractivity contribution >= 4 is 63.2 Å². The molecule has 0 bridgehead atoms. The first-order valence-corrected chi connectivity index (χ1v) is 12.8. The number of rotatable bonds is 8. The topological polar surface area (TPSA) is 55.8 Å². The van der Waals surface area contributed by atoms with Gasteiger partial charge < -0.3 is 9.47 Å². The first-order valence-electron chi connectivity index (χ1n) is 10.6. The second kappa shape index (κ2) is 11.3. The van der Waals surface area contributed by atoms with E-state index in [0.717, 1.165) is 26.5 Å². The molecule has 5 nitrogen and oxygen atoms in total. The normalized spacial score (nSPS) is 14.7. The Morgan fingerprint density at radius 3 is 2.44 bits per heavy atom. The molecule has 4 rings (SSSR count). The third kappa shape index (κ3) is 5.95. The molecule has 0 unspecified atom stereocenters. The molecule has 0 N–H and O–H groups in total. The lowest BCUT2D eigenvalue weighted by molar-refractivity contribution is -0.123. The van der Waals surface area contributed by atoms with E-state index < -0.39 is 0 Å². The fraction of sp³-hybridized carbons (Fsp3) is 0.154. The third-order valence-electron chi connectivity index (χ3n) is 4.98.